The lowest BCUT2D eigenvalue weighted by Crippen LogP contribution is -2.14. The fourth-order valence-corrected chi connectivity index (χ4v) is 2.32. The monoisotopic (exact) mass is 324 g/mol. The average molecular weight is 325 g/mol. The van der Waals surface area contributed by atoms with Gasteiger partial charge in [-0.2, -0.15) is 0 Å². The van der Waals surface area contributed by atoms with Crippen LogP contribution in [0.3, 0.4) is 0 Å². The summed E-state index contributed by atoms with van der Waals surface area (Å²) in [7, 11) is 1.58. The lowest BCUT2D eigenvalue weighted by Gasteiger charge is -2.09. The highest BCUT2D eigenvalue weighted by Crippen LogP contribution is 2.31. The number of nitrogens with one attached hydrogen (secondary N) is 1. The van der Waals surface area contributed by atoms with Gasteiger partial charge in [-0.15, -0.1) is 0 Å². The Hall–Kier alpha value is -1.91. The number of hydrogen-bond acceptors (Lipinski definition) is 3. The van der Waals surface area contributed by atoms with Gasteiger partial charge >= 0.3 is 0 Å². The SMILES string of the molecule is COc1cccc(CC(=O)Nc2cc(Cl)c(N)c(Cl)c2)c1. The second-order valence-electron chi connectivity index (χ2n) is 4.43. The highest BCUT2D eigenvalue weighted by atomic mass is 35.5. The van der Waals surface area contributed by atoms with E-state index in [1.165, 1.54) is 0 Å². The topological polar surface area (TPSA) is 64.3 Å². The second-order valence-corrected chi connectivity index (χ2v) is 5.24. The van der Waals surface area contributed by atoms with Crippen molar-refractivity contribution in [3.05, 3.63) is 52.0 Å². The summed E-state index contributed by atoms with van der Waals surface area (Å²) in [5.74, 6) is 0.527. The summed E-state index contributed by atoms with van der Waals surface area (Å²) in [6.45, 7) is 0. The highest BCUT2D eigenvalue weighted by Gasteiger charge is 2.09. The van der Waals surface area contributed by atoms with E-state index in [0.29, 0.717) is 27.2 Å². The van der Waals surface area contributed by atoms with Crippen molar-refractivity contribution in [2.75, 3.05) is 18.2 Å². The van der Waals surface area contributed by atoms with Crippen LogP contribution < -0.4 is 15.8 Å². The second kappa shape index (κ2) is 6.70. The molecule has 2 aromatic carbocycles. The molecule has 2 aromatic rings. The largest absolute Gasteiger partial charge is 0.497 e. The minimum absolute atomic E-state index is 0.180. The summed E-state index contributed by atoms with van der Waals surface area (Å²) in [6, 6.07) is 10.4. The van der Waals surface area contributed by atoms with E-state index in [1.807, 2.05) is 24.3 Å². The van der Waals surface area contributed by atoms with Crippen LogP contribution >= 0.6 is 23.2 Å². The molecule has 0 spiro atoms. The van der Waals surface area contributed by atoms with Crippen LogP contribution in [0.1, 0.15) is 5.56 Å². The number of nitrogens with two attached hydrogens (primary N) is 1. The number of hydrogen-bond donors (Lipinski definition) is 2. The van der Waals surface area contributed by atoms with Crippen LogP contribution in [0, 0.1) is 0 Å². The van der Waals surface area contributed by atoms with Crippen molar-refractivity contribution < 1.29 is 9.53 Å². The van der Waals surface area contributed by atoms with Crippen molar-refractivity contribution in [1.29, 1.82) is 0 Å². The molecule has 0 atom stereocenters. The van der Waals surface area contributed by atoms with E-state index in [2.05, 4.69) is 5.32 Å². The first-order valence-corrected chi connectivity index (χ1v) is 6.92. The van der Waals surface area contributed by atoms with E-state index in [4.69, 9.17) is 33.7 Å². The van der Waals surface area contributed by atoms with Gasteiger partial charge in [-0.1, -0.05) is 35.3 Å². The molecule has 0 aliphatic carbocycles. The zero-order valence-corrected chi connectivity index (χ0v) is 12.8. The number of amides is 1. The van der Waals surface area contributed by atoms with E-state index in [1.54, 1.807) is 19.2 Å². The Labute approximate surface area is 132 Å². The maximum atomic E-state index is 12.0. The smallest absolute Gasteiger partial charge is 0.228 e. The van der Waals surface area contributed by atoms with Crippen LogP contribution in [0.15, 0.2) is 36.4 Å². The molecule has 0 saturated carbocycles. The predicted octanol–water partition coefficient (Wildman–Crippen LogP) is 3.77. The number of carbonyl (C=O) groups excluding carboxylic acids is 1. The molecule has 0 bridgehead atoms. The van der Waals surface area contributed by atoms with Crippen LogP contribution in [0.2, 0.25) is 10.0 Å². The predicted molar refractivity (Wildman–Crippen MR) is 86.2 cm³/mol. The summed E-state index contributed by atoms with van der Waals surface area (Å²) < 4.78 is 5.12. The van der Waals surface area contributed by atoms with Crippen molar-refractivity contribution in [2.45, 2.75) is 6.42 Å². The van der Waals surface area contributed by atoms with Crippen molar-refractivity contribution in [1.82, 2.24) is 0 Å². The zero-order valence-electron chi connectivity index (χ0n) is 11.3. The van der Waals surface area contributed by atoms with Gasteiger partial charge in [0.2, 0.25) is 5.91 Å². The number of halogens is 2. The summed E-state index contributed by atoms with van der Waals surface area (Å²) in [4.78, 5) is 12.0. The van der Waals surface area contributed by atoms with Crippen molar-refractivity contribution in [3.8, 4) is 5.75 Å². The Bertz CT molecular complexity index is 651. The molecule has 0 radical (unpaired) electrons. The van der Waals surface area contributed by atoms with Crippen molar-refractivity contribution >= 4 is 40.5 Å². The number of carbonyl (C=O) groups is 1. The Morgan fingerprint density at radius 3 is 2.52 bits per heavy atom. The molecule has 2 rings (SSSR count). The van der Waals surface area contributed by atoms with Gasteiger partial charge in [-0.25, -0.2) is 0 Å². The van der Waals surface area contributed by atoms with E-state index in [-0.39, 0.29) is 12.3 Å². The third-order valence-electron chi connectivity index (χ3n) is 2.86. The van der Waals surface area contributed by atoms with Crippen LogP contribution in [0.25, 0.3) is 0 Å². The number of rotatable bonds is 4. The van der Waals surface area contributed by atoms with Gasteiger partial charge in [0.25, 0.3) is 0 Å². The molecule has 0 saturated heterocycles. The fraction of sp³-hybridized carbons (Fsp3) is 0.133. The molecule has 6 heteroatoms. The molecule has 1 amide bonds. The normalized spacial score (nSPS) is 10.2. The Balaban J connectivity index is 2.08. The standard InChI is InChI=1S/C15H14Cl2N2O2/c1-21-11-4-2-3-9(5-11)6-14(20)19-10-7-12(16)15(18)13(17)8-10/h2-5,7-8H,6,18H2,1H3,(H,19,20). The summed E-state index contributed by atoms with van der Waals surface area (Å²) in [5.41, 5.74) is 7.30. The maximum absolute atomic E-state index is 12.0. The fourth-order valence-electron chi connectivity index (χ4n) is 1.83. The van der Waals surface area contributed by atoms with Gasteiger partial charge in [0, 0.05) is 5.69 Å². The molecular weight excluding hydrogens is 311 g/mol. The molecule has 0 fully saturated rings. The van der Waals surface area contributed by atoms with Crippen molar-refractivity contribution in [2.24, 2.45) is 0 Å². The summed E-state index contributed by atoms with van der Waals surface area (Å²) >= 11 is 11.9. The Morgan fingerprint density at radius 1 is 1.24 bits per heavy atom. The molecule has 4 nitrogen and oxygen atoms in total. The van der Waals surface area contributed by atoms with E-state index >= 15 is 0 Å². The van der Waals surface area contributed by atoms with Gasteiger partial charge in [0.05, 0.1) is 29.3 Å². The Morgan fingerprint density at radius 2 is 1.90 bits per heavy atom. The van der Waals surface area contributed by atoms with Gasteiger partial charge in [-0.3, -0.25) is 4.79 Å². The molecule has 0 aliphatic rings. The van der Waals surface area contributed by atoms with Gasteiger partial charge in [-0.05, 0) is 29.8 Å². The number of anilines is 2. The minimum Gasteiger partial charge on any atom is -0.497 e. The quantitative estimate of drug-likeness (QED) is 0.841. The third-order valence-corrected chi connectivity index (χ3v) is 3.49. The van der Waals surface area contributed by atoms with E-state index in [9.17, 15) is 4.79 Å². The molecule has 0 heterocycles. The highest BCUT2D eigenvalue weighted by molar-refractivity contribution is 6.39. The van der Waals surface area contributed by atoms with Gasteiger partial charge < -0.3 is 15.8 Å². The first-order chi connectivity index (χ1) is 9.99. The van der Waals surface area contributed by atoms with E-state index in [0.717, 1.165) is 5.56 Å². The van der Waals surface area contributed by atoms with Crippen LogP contribution in [-0.2, 0) is 11.2 Å². The first kappa shape index (κ1) is 15.5. The number of methoxy groups -OCH3 is 1. The average Bonchev–Trinajstić information content (AvgIpc) is 2.44. The van der Waals surface area contributed by atoms with Gasteiger partial charge in [0.1, 0.15) is 5.75 Å². The van der Waals surface area contributed by atoms with Crippen molar-refractivity contribution in [3.63, 3.8) is 0 Å². The zero-order chi connectivity index (χ0) is 15.4. The maximum Gasteiger partial charge on any atom is 0.228 e. The molecule has 0 unspecified atom stereocenters. The molecular formula is C15H14Cl2N2O2. The van der Waals surface area contributed by atoms with E-state index < -0.39 is 0 Å². The number of nitrogen functional groups attached to an aromatic ring is 1. The van der Waals surface area contributed by atoms with Crippen LogP contribution in [0.5, 0.6) is 5.75 Å². The van der Waals surface area contributed by atoms with Crippen LogP contribution in [-0.4, -0.2) is 13.0 Å². The third kappa shape index (κ3) is 4.03. The molecule has 21 heavy (non-hydrogen) atoms. The molecule has 0 aliphatic heterocycles. The molecule has 110 valence electrons. The number of ether oxygens (including phenoxy) is 1. The summed E-state index contributed by atoms with van der Waals surface area (Å²) in [5, 5.41) is 3.34. The molecule has 3 N–H and O–H groups in total. The Kier molecular flexibility index (Phi) is 4.94. The van der Waals surface area contributed by atoms with Crippen LogP contribution in [0.4, 0.5) is 11.4 Å². The minimum atomic E-state index is -0.180. The molecule has 0 aromatic heterocycles. The lowest BCUT2D eigenvalue weighted by atomic mass is 10.1. The van der Waals surface area contributed by atoms with Gasteiger partial charge in [0.15, 0.2) is 0 Å². The summed E-state index contributed by atoms with van der Waals surface area (Å²) in [6.07, 6.45) is 0.219. The number of benzene rings is 2. The lowest BCUT2D eigenvalue weighted by molar-refractivity contribution is -0.115. The first-order valence-electron chi connectivity index (χ1n) is 6.17.